The van der Waals surface area contributed by atoms with Gasteiger partial charge in [0, 0.05) is 11.1 Å². The van der Waals surface area contributed by atoms with Crippen LogP contribution in [-0.4, -0.2) is 11.6 Å². The molecule has 1 aromatic carbocycles. The fourth-order valence-corrected chi connectivity index (χ4v) is 1.24. The van der Waals surface area contributed by atoms with Crippen LogP contribution in [-0.2, 0) is 0 Å². The van der Waals surface area contributed by atoms with Gasteiger partial charge in [-0.3, -0.25) is 14.5 Å². The van der Waals surface area contributed by atoms with E-state index in [1.807, 2.05) is 0 Å². The van der Waals surface area contributed by atoms with Gasteiger partial charge in [-0.15, -0.1) is 0 Å². The zero-order valence-corrected chi connectivity index (χ0v) is 7.62. The fraction of sp³-hybridized carbons (Fsp3) is 0. The molecule has 0 N–H and O–H groups in total. The molecule has 15 heavy (non-hydrogen) atoms. The maximum Gasteiger partial charge on any atom is 0.186 e. The average Bonchev–Trinajstić information content (AvgIpc) is 2.25. The molecule has 0 fully saturated rings. The van der Waals surface area contributed by atoms with E-state index in [0.717, 1.165) is 0 Å². The maximum absolute atomic E-state index is 11.2. The summed E-state index contributed by atoms with van der Waals surface area (Å²) >= 11 is 0. The second-order valence-electron chi connectivity index (χ2n) is 2.70. The Hall–Kier alpha value is -2.39. The quantitative estimate of drug-likeness (QED) is 0.365. The van der Waals surface area contributed by atoms with Gasteiger partial charge < -0.3 is 11.1 Å². The minimum atomic E-state index is -0.0924. The summed E-state index contributed by atoms with van der Waals surface area (Å²) in [5, 5.41) is 0. The van der Waals surface area contributed by atoms with Crippen molar-refractivity contribution in [1.29, 1.82) is 0 Å². The number of hydrogen-bond donors (Lipinski definition) is 0. The molecule has 74 valence electrons. The van der Waals surface area contributed by atoms with Crippen LogP contribution in [0.15, 0.2) is 36.4 Å². The van der Waals surface area contributed by atoms with Crippen LogP contribution in [0.1, 0.15) is 20.7 Å². The Bertz CT molecular complexity index is 434. The number of carbonyl (C=O) groups is 2. The predicted molar refractivity (Wildman–Crippen MR) is 54.3 cm³/mol. The van der Waals surface area contributed by atoms with Gasteiger partial charge in [0.15, 0.2) is 11.6 Å². The predicted octanol–water partition coefficient (Wildman–Crippen LogP) is 2.49. The summed E-state index contributed by atoms with van der Waals surface area (Å²) in [4.78, 5) is 23.9. The number of nitrogens with zero attached hydrogens (tertiary/aromatic N) is 3. The van der Waals surface area contributed by atoms with E-state index in [9.17, 15) is 9.59 Å². The molecule has 0 heterocycles. The van der Waals surface area contributed by atoms with Crippen LogP contribution in [0.5, 0.6) is 0 Å². The molecule has 0 radical (unpaired) electrons. The molecule has 0 atom stereocenters. The Labute approximate surface area is 85.4 Å². The zero-order chi connectivity index (χ0) is 11.3. The lowest BCUT2D eigenvalue weighted by molar-refractivity contribution is 0.0994. The van der Waals surface area contributed by atoms with Crippen LogP contribution in [0, 0.1) is 0 Å². The molecule has 0 amide bonds. The van der Waals surface area contributed by atoms with Gasteiger partial charge in [-0.25, -0.2) is 0 Å². The maximum atomic E-state index is 11.2. The lowest BCUT2D eigenvalue weighted by atomic mass is 9.95. The van der Waals surface area contributed by atoms with Gasteiger partial charge in [-0.05, 0) is 12.2 Å². The third-order valence-corrected chi connectivity index (χ3v) is 1.84. The number of carbonyl (C=O) groups excluding carboxylic acids is 2. The number of rotatable bonds is 0. The third kappa shape index (κ3) is 2.30. The lowest BCUT2D eigenvalue weighted by Gasteiger charge is -2.06. The summed E-state index contributed by atoms with van der Waals surface area (Å²) in [6.07, 6.45) is 2.62. The largest absolute Gasteiger partial charge is 0.373 e. The van der Waals surface area contributed by atoms with E-state index in [4.69, 9.17) is 11.1 Å². The molecule has 0 saturated carbocycles. The van der Waals surface area contributed by atoms with E-state index in [1.54, 1.807) is 24.3 Å². The molecule has 0 aromatic heterocycles. The summed E-state index contributed by atoms with van der Waals surface area (Å²) in [5.74, 6) is -0.185. The van der Waals surface area contributed by atoms with Gasteiger partial charge in [0.1, 0.15) is 0 Å². The third-order valence-electron chi connectivity index (χ3n) is 1.84. The van der Waals surface area contributed by atoms with Gasteiger partial charge in [-0.2, -0.15) is 0 Å². The van der Waals surface area contributed by atoms with Crippen molar-refractivity contribution >= 4 is 11.6 Å². The minimum absolute atomic E-state index is 0.0924. The highest BCUT2D eigenvalue weighted by molar-refractivity contribution is 6.21. The first-order valence-electron chi connectivity index (χ1n) is 4.05. The highest BCUT2D eigenvalue weighted by atomic mass is 16.1. The van der Waals surface area contributed by atoms with Crippen molar-refractivity contribution in [2.45, 2.75) is 0 Å². The standard InChI is InChI=1S/C10H6O2.N3/c11-9-5-6-10(12)8-4-2-1-3-7(8)9;1-3-2/h1-6H;/q;-1. The Morgan fingerprint density at radius 3 is 1.53 bits per heavy atom. The number of benzene rings is 1. The van der Waals surface area contributed by atoms with E-state index >= 15 is 0 Å². The van der Waals surface area contributed by atoms with Crippen LogP contribution in [0.2, 0.25) is 0 Å². The van der Waals surface area contributed by atoms with E-state index in [0.29, 0.717) is 11.1 Å². The number of hydrogen-bond acceptors (Lipinski definition) is 2. The molecule has 1 aliphatic rings. The minimum Gasteiger partial charge on any atom is -0.373 e. The van der Waals surface area contributed by atoms with Crippen molar-refractivity contribution in [2.75, 3.05) is 0 Å². The number of allylic oxidation sites excluding steroid dienone is 2. The summed E-state index contributed by atoms with van der Waals surface area (Å²) in [5.41, 5.74) is 14.5. The Morgan fingerprint density at radius 1 is 0.867 bits per heavy atom. The summed E-state index contributed by atoms with van der Waals surface area (Å²) in [6, 6.07) is 6.84. The molecule has 5 nitrogen and oxygen atoms in total. The van der Waals surface area contributed by atoms with Crippen molar-refractivity contribution in [3.8, 4) is 0 Å². The average molecular weight is 200 g/mol. The van der Waals surface area contributed by atoms with Crippen LogP contribution in [0.4, 0.5) is 0 Å². The first kappa shape index (κ1) is 10.7. The molecule has 1 aromatic rings. The molecule has 0 bridgehead atoms. The van der Waals surface area contributed by atoms with E-state index in [1.165, 1.54) is 17.1 Å². The highest BCUT2D eigenvalue weighted by Gasteiger charge is 2.16. The lowest BCUT2D eigenvalue weighted by Crippen LogP contribution is -2.10. The highest BCUT2D eigenvalue weighted by Crippen LogP contribution is 2.15. The van der Waals surface area contributed by atoms with Crippen molar-refractivity contribution < 1.29 is 9.59 Å². The van der Waals surface area contributed by atoms with Gasteiger partial charge in [0.25, 0.3) is 0 Å². The van der Waals surface area contributed by atoms with Crippen LogP contribution >= 0.6 is 0 Å². The molecule has 0 spiro atoms. The molecule has 0 aliphatic heterocycles. The normalized spacial score (nSPS) is 12.3. The SMILES string of the molecule is O=C1C=CC(=O)c2ccccc21.[N-]=[N+]=[N-]. The van der Waals surface area contributed by atoms with Gasteiger partial charge in [-0.1, -0.05) is 24.3 Å². The van der Waals surface area contributed by atoms with Crippen molar-refractivity contribution in [3.63, 3.8) is 0 Å². The zero-order valence-electron chi connectivity index (χ0n) is 7.62. The molecular weight excluding hydrogens is 194 g/mol. The van der Waals surface area contributed by atoms with E-state index < -0.39 is 0 Å². The molecule has 0 saturated heterocycles. The second kappa shape index (κ2) is 4.74. The Balaban J connectivity index is 0.000000337. The molecule has 5 heteroatoms. The smallest absolute Gasteiger partial charge is 0.186 e. The number of fused-ring (bicyclic) bond motifs is 1. The molecular formula is C10H6N3O2-. The Kier molecular flexibility index (Phi) is 3.38. The van der Waals surface area contributed by atoms with Crippen LogP contribution in [0.3, 0.4) is 0 Å². The first-order chi connectivity index (χ1) is 7.20. The van der Waals surface area contributed by atoms with E-state index in [-0.39, 0.29) is 11.6 Å². The molecule has 2 rings (SSSR count). The topological polar surface area (TPSA) is 92.8 Å². The van der Waals surface area contributed by atoms with Crippen LogP contribution < -0.4 is 0 Å². The summed E-state index contributed by atoms with van der Waals surface area (Å²) in [7, 11) is 0. The Morgan fingerprint density at radius 2 is 1.20 bits per heavy atom. The second-order valence-corrected chi connectivity index (χ2v) is 2.70. The summed E-state index contributed by atoms with van der Waals surface area (Å²) < 4.78 is 0. The van der Waals surface area contributed by atoms with Gasteiger partial charge in [0.2, 0.25) is 0 Å². The van der Waals surface area contributed by atoms with Crippen molar-refractivity contribution in [2.24, 2.45) is 0 Å². The number of ketones is 2. The van der Waals surface area contributed by atoms with Crippen LogP contribution in [0.25, 0.3) is 16.0 Å². The summed E-state index contributed by atoms with van der Waals surface area (Å²) in [6.45, 7) is 0. The van der Waals surface area contributed by atoms with Gasteiger partial charge in [0.05, 0.1) is 0 Å². The van der Waals surface area contributed by atoms with Crippen molar-refractivity contribution in [3.05, 3.63) is 63.5 Å². The molecule has 0 unspecified atom stereocenters. The molecule has 1 aliphatic carbocycles. The van der Waals surface area contributed by atoms with Crippen molar-refractivity contribution in [1.82, 2.24) is 0 Å². The monoisotopic (exact) mass is 200 g/mol. The first-order valence-corrected chi connectivity index (χ1v) is 4.05. The van der Waals surface area contributed by atoms with Gasteiger partial charge >= 0.3 is 0 Å². The fourth-order valence-electron chi connectivity index (χ4n) is 1.24. The van der Waals surface area contributed by atoms with E-state index in [2.05, 4.69) is 0 Å².